The number of hydrogen-bond donors (Lipinski definition) is 2. The number of nitrogens with zero attached hydrogens (tertiary/aromatic N) is 1. The summed E-state index contributed by atoms with van der Waals surface area (Å²) in [7, 11) is 0. The standard InChI is InChI=1S/C14H12Cl2N2O3S/c1-7-11(4-5-12(19)20)22-14(17-7)18-13(21)8-2-3-9(15)10(16)6-8/h2-3,6H,4-5H2,1H3,(H,19,20)(H,17,18,21). The number of carboxylic acid groups (broad SMARTS) is 1. The first kappa shape index (κ1) is 16.7. The van der Waals surface area contributed by atoms with Crippen molar-refractivity contribution in [1.82, 2.24) is 4.98 Å². The average molecular weight is 359 g/mol. The monoisotopic (exact) mass is 358 g/mol. The molecule has 0 aliphatic heterocycles. The van der Waals surface area contributed by atoms with Gasteiger partial charge in [0.05, 0.1) is 22.2 Å². The van der Waals surface area contributed by atoms with Crippen LogP contribution in [0, 0.1) is 6.92 Å². The van der Waals surface area contributed by atoms with Crippen molar-refractivity contribution < 1.29 is 14.7 Å². The van der Waals surface area contributed by atoms with Crippen molar-refractivity contribution >= 4 is 51.5 Å². The van der Waals surface area contributed by atoms with Crippen molar-refractivity contribution in [2.24, 2.45) is 0 Å². The number of halogens is 2. The molecule has 0 spiro atoms. The number of aliphatic carboxylic acids is 1. The Hall–Kier alpha value is -1.63. The summed E-state index contributed by atoms with van der Waals surface area (Å²) in [5, 5.41) is 12.5. The SMILES string of the molecule is Cc1nc(NC(=O)c2ccc(Cl)c(Cl)c2)sc1CCC(=O)O. The molecule has 0 aliphatic carbocycles. The highest BCUT2D eigenvalue weighted by atomic mass is 35.5. The molecule has 0 saturated carbocycles. The molecule has 1 amide bonds. The second-order valence-electron chi connectivity index (χ2n) is 4.50. The Morgan fingerprint density at radius 3 is 2.68 bits per heavy atom. The van der Waals surface area contributed by atoms with Crippen LogP contribution in [0.1, 0.15) is 27.3 Å². The molecule has 0 saturated heterocycles. The maximum Gasteiger partial charge on any atom is 0.303 e. The third-order valence-corrected chi connectivity index (χ3v) is 4.73. The molecule has 8 heteroatoms. The van der Waals surface area contributed by atoms with E-state index in [-0.39, 0.29) is 12.3 Å². The molecule has 1 heterocycles. The number of carboxylic acids is 1. The Balaban J connectivity index is 2.09. The molecule has 0 aliphatic rings. The number of carbonyl (C=O) groups excluding carboxylic acids is 1. The minimum absolute atomic E-state index is 0.0310. The number of carbonyl (C=O) groups is 2. The highest BCUT2D eigenvalue weighted by Gasteiger charge is 2.13. The number of anilines is 1. The first-order valence-corrected chi connectivity index (χ1v) is 7.88. The van der Waals surface area contributed by atoms with Gasteiger partial charge in [0.25, 0.3) is 5.91 Å². The molecule has 0 fully saturated rings. The summed E-state index contributed by atoms with van der Waals surface area (Å²) in [6.45, 7) is 1.78. The van der Waals surface area contributed by atoms with Gasteiger partial charge in [-0.15, -0.1) is 11.3 Å². The normalized spacial score (nSPS) is 10.5. The van der Waals surface area contributed by atoms with E-state index in [1.165, 1.54) is 17.4 Å². The Morgan fingerprint density at radius 1 is 1.32 bits per heavy atom. The summed E-state index contributed by atoms with van der Waals surface area (Å²) in [5.74, 6) is -1.22. The zero-order chi connectivity index (χ0) is 16.3. The Labute approximate surface area is 140 Å². The maximum atomic E-state index is 12.1. The lowest BCUT2D eigenvalue weighted by molar-refractivity contribution is -0.136. The van der Waals surface area contributed by atoms with E-state index >= 15 is 0 Å². The van der Waals surface area contributed by atoms with Gasteiger partial charge in [-0.25, -0.2) is 4.98 Å². The Kier molecular flexibility index (Phi) is 5.39. The molecule has 0 bridgehead atoms. The fourth-order valence-electron chi connectivity index (χ4n) is 1.74. The first-order chi connectivity index (χ1) is 10.4. The van der Waals surface area contributed by atoms with Crippen LogP contribution in [0.4, 0.5) is 5.13 Å². The van der Waals surface area contributed by atoms with Crippen LogP contribution >= 0.6 is 34.5 Å². The fourth-order valence-corrected chi connectivity index (χ4v) is 3.00. The van der Waals surface area contributed by atoms with Crippen LogP contribution < -0.4 is 5.32 Å². The van der Waals surface area contributed by atoms with Gasteiger partial charge in [-0.2, -0.15) is 0 Å². The Bertz CT molecular complexity index is 731. The van der Waals surface area contributed by atoms with Crippen molar-refractivity contribution in [2.75, 3.05) is 5.32 Å². The second kappa shape index (κ2) is 7.09. The molecule has 1 aromatic carbocycles. The topological polar surface area (TPSA) is 79.3 Å². The molecular weight excluding hydrogens is 347 g/mol. The second-order valence-corrected chi connectivity index (χ2v) is 6.40. The van der Waals surface area contributed by atoms with E-state index in [1.54, 1.807) is 19.1 Å². The minimum Gasteiger partial charge on any atom is -0.481 e. The van der Waals surface area contributed by atoms with Gasteiger partial charge in [0, 0.05) is 10.4 Å². The van der Waals surface area contributed by atoms with E-state index in [2.05, 4.69) is 10.3 Å². The van der Waals surface area contributed by atoms with E-state index in [9.17, 15) is 9.59 Å². The number of amides is 1. The number of thiazole rings is 1. The van der Waals surface area contributed by atoms with Crippen molar-refractivity contribution in [2.45, 2.75) is 19.8 Å². The zero-order valence-corrected chi connectivity index (χ0v) is 13.8. The van der Waals surface area contributed by atoms with Crippen LogP contribution in [0.25, 0.3) is 0 Å². The Morgan fingerprint density at radius 2 is 2.05 bits per heavy atom. The fraction of sp³-hybridized carbons (Fsp3) is 0.214. The average Bonchev–Trinajstić information content (AvgIpc) is 2.79. The van der Waals surface area contributed by atoms with E-state index in [0.29, 0.717) is 27.2 Å². The van der Waals surface area contributed by atoms with Crippen molar-refractivity contribution in [3.63, 3.8) is 0 Å². The van der Waals surface area contributed by atoms with Gasteiger partial charge in [-0.05, 0) is 31.5 Å². The lowest BCUT2D eigenvalue weighted by atomic mass is 10.2. The molecule has 2 rings (SSSR count). The third kappa shape index (κ3) is 4.19. The predicted molar refractivity (Wildman–Crippen MR) is 87.2 cm³/mol. The van der Waals surface area contributed by atoms with Gasteiger partial charge < -0.3 is 5.11 Å². The van der Waals surface area contributed by atoms with E-state index < -0.39 is 5.97 Å². The van der Waals surface area contributed by atoms with Gasteiger partial charge in [-0.1, -0.05) is 23.2 Å². The number of hydrogen-bond acceptors (Lipinski definition) is 4. The van der Waals surface area contributed by atoms with Crippen molar-refractivity contribution in [3.05, 3.63) is 44.4 Å². The number of nitrogens with one attached hydrogen (secondary N) is 1. The molecule has 0 atom stereocenters. The molecule has 22 heavy (non-hydrogen) atoms. The highest BCUT2D eigenvalue weighted by molar-refractivity contribution is 7.15. The van der Waals surface area contributed by atoms with Gasteiger partial charge in [0.2, 0.25) is 0 Å². The maximum absolute atomic E-state index is 12.1. The number of aryl methyl sites for hydroxylation is 2. The third-order valence-electron chi connectivity index (χ3n) is 2.86. The van der Waals surface area contributed by atoms with Gasteiger partial charge in [0.1, 0.15) is 0 Å². The van der Waals surface area contributed by atoms with Crippen LogP contribution in [0.5, 0.6) is 0 Å². The van der Waals surface area contributed by atoms with Crippen molar-refractivity contribution in [3.8, 4) is 0 Å². The van der Waals surface area contributed by atoms with Crippen LogP contribution in [0.15, 0.2) is 18.2 Å². The number of aromatic nitrogens is 1. The molecule has 2 N–H and O–H groups in total. The molecule has 0 unspecified atom stereocenters. The minimum atomic E-state index is -0.866. The van der Waals surface area contributed by atoms with Gasteiger partial charge in [-0.3, -0.25) is 14.9 Å². The van der Waals surface area contributed by atoms with Gasteiger partial charge >= 0.3 is 5.97 Å². The summed E-state index contributed by atoms with van der Waals surface area (Å²) in [6.07, 6.45) is 0.421. The lowest BCUT2D eigenvalue weighted by Crippen LogP contribution is -2.11. The largest absolute Gasteiger partial charge is 0.481 e. The zero-order valence-electron chi connectivity index (χ0n) is 11.5. The molecule has 2 aromatic rings. The number of rotatable bonds is 5. The summed E-state index contributed by atoms with van der Waals surface area (Å²) in [5.41, 5.74) is 1.09. The van der Waals surface area contributed by atoms with Crippen LogP contribution in [-0.4, -0.2) is 22.0 Å². The predicted octanol–water partition coefficient (Wildman–Crippen LogP) is 4.03. The summed E-state index contributed by atoms with van der Waals surface area (Å²) in [4.78, 5) is 27.8. The van der Waals surface area contributed by atoms with Crippen LogP contribution in [0.2, 0.25) is 10.0 Å². The molecular formula is C14H12Cl2N2O3S. The first-order valence-electron chi connectivity index (χ1n) is 6.31. The van der Waals surface area contributed by atoms with Crippen molar-refractivity contribution in [1.29, 1.82) is 0 Å². The summed E-state index contributed by atoms with van der Waals surface area (Å²) < 4.78 is 0. The van der Waals surface area contributed by atoms with E-state index in [4.69, 9.17) is 28.3 Å². The molecule has 1 aromatic heterocycles. The summed E-state index contributed by atoms with van der Waals surface area (Å²) in [6, 6.07) is 4.59. The quantitative estimate of drug-likeness (QED) is 0.845. The lowest BCUT2D eigenvalue weighted by Gasteiger charge is -2.03. The smallest absolute Gasteiger partial charge is 0.303 e. The van der Waals surface area contributed by atoms with E-state index in [0.717, 1.165) is 10.6 Å². The molecule has 0 radical (unpaired) electrons. The van der Waals surface area contributed by atoms with Gasteiger partial charge in [0.15, 0.2) is 5.13 Å². The number of benzene rings is 1. The summed E-state index contributed by atoms with van der Waals surface area (Å²) >= 11 is 13.0. The van der Waals surface area contributed by atoms with E-state index in [1.807, 2.05) is 0 Å². The molecule has 116 valence electrons. The van der Waals surface area contributed by atoms with Crippen LogP contribution in [-0.2, 0) is 11.2 Å². The highest BCUT2D eigenvalue weighted by Crippen LogP contribution is 2.26. The van der Waals surface area contributed by atoms with Crippen LogP contribution in [0.3, 0.4) is 0 Å². The molecule has 5 nitrogen and oxygen atoms in total.